The lowest BCUT2D eigenvalue weighted by Crippen LogP contribution is -2.51. The van der Waals surface area contributed by atoms with Crippen LogP contribution in [0.3, 0.4) is 0 Å². The van der Waals surface area contributed by atoms with Crippen molar-refractivity contribution in [1.29, 1.82) is 0 Å². The van der Waals surface area contributed by atoms with Crippen LogP contribution in [0, 0.1) is 0 Å². The van der Waals surface area contributed by atoms with Gasteiger partial charge in [-0.2, -0.15) is 0 Å². The number of nitrogens with zero attached hydrogens (tertiary/aromatic N) is 2. The standard InChI is InChI=1S/C15H31N3/c1-3-14(13-16-2)18-11-7-15(8-12-18)17-9-5-4-6-10-17/h14-16H,3-13H2,1-2H3. The third-order valence-electron chi connectivity index (χ3n) is 4.83. The minimum absolute atomic E-state index is 0.748. The van der Waals surface area contributed by atoms with Gasteiger partial charge in [-0.1, -0.05) is 13.3 Å². The molecule has 3 heteroatoms. The lowest BCUT2D eigenvalue weighted by Gasteiger charge is -2.42. The Morgan fingerprint density at radius 1 is 1.06 bits per heavy atom. The summed E-state index contributed by atoms with van der Waals surface area (Å²) in [5.41, 5.74) is 0. The molecule has 2 saturated heterocycles. The summed E-state index contributed by atoms with van der Waals surface area (Å²) in [6.45, 7) is 8.79. The first-order chi connectivity index (χ1) is 8.85. The van der Waals surface area contributed by atoms with E-state index in [2.05, 4.69) is 29.1 Å². The van der Waals surface area contributed by atoms with Gasteiger partial charge in [0, 0.05) is 18.6 Å². The first-order valence-electron chi connectivity index (χ1n) is 7.97. The van der Waals surface area contributed by atoms with Crippen LogP contribution >= 0.6 is 0 Å². The molecule has 0 aromatic rings. The van der Waals surface area contributed by atoms with Crippen molar-refractivity contribution in [2.75, 3.05) is 39.8 Å². The first-order valence-corrected chi connectivity index (χ1v) is 7.97. The largest absolute Gasteiger partial charge is 0.318 e. The zero-order chi connectivity index (χ0) is 12.8. The molecule has 0 spiro atoms. The van der Waals surface area contributed by atoms with Gasteiger partial charge in [0.1, 0.15) is 0 Å². The van der Waals surface area contributed by atoms with E-state index >= 15 is 0 Å². The third kappa shape index (κ3) is 3.69. The fraction of sp³-hybridized carbons (Fsp3) is 1.00. The van der Waals surface area contributed by atoms with Crippen molar-refractivity contribution in [3.8, 4) is 0 Å². The van der Waals surface area contributed by atoms with E-state index in [0.717, 1.165) is 18.6 Å². The van der Waals surface area contributed by atoms with Crippen molar-refractivity contribution in [3.63, 3.8) is 0 Å². The van der Waals surface area contributed by atoms with Crippen molar-refractivity contribution in [3.05, 3.63) is 0 Å². The van der Waals surface area contributed by atoms with E-state index in [4.69, 9.17) is 0 Å². The topological polar surface area (TPSA) is 18.5 Å². The second-order valence-electron chi connectivity index (χ2n) is 5.98. The molecule has 0 aliphatic carbocycles. The van der Waals surface area contributed by atoms with Crippen molar-refractivity contribution >= 4 is 0 Å². The summed E-state index contributed by atoms with van der Waals surface area (Å²) in [7, 11) is 2.07. The second kappa shape index (κ2) is 7.46. The molecule has 2 aliphatic heterocycles. The summed E-state index contributed by atoms with van der Waals surface area (Å²) in [6.07, 6.45) is 8.36. The summed E-state index contributed by atoms with van der Waals surface area (Å²) in [4.78, 5) is 5.47. The number of piperidine rings is 2. The van der Waals surface area contributed by atoms with Gasteiger partial charge < -0.3 is 10.2 Å². The van der Waals surface area contributed by atoms with Crippen LogP contribution in [0.1, 0.15) is 45.4 Å². The number of hydrogen-bond donors (Lipinski definition) is 1. The van der Waals surface area contributed by atoms with Crippen LogP contribution in [-0.2, 0) is 0 Å². The van der Waals surface area contributed by atoms with E-state index in [1.165, 1.54) is 64.7 Å². The molecule has 2 rings (SSSR count). The Morgan fingerprint density at radius 3 is 2.28 bits per heavy atom. The van der Waals surface area contributed by atoms with Gasteiger partial charge in [-0.15, -0.1) is 0 Å². The third-order valence-corrected chi connectivity index (χ3v) is 4.83. The molecule has 2 fully saturated rings. The molecule has 3 nitrogen and oxygen atoms in total. The molecule has 0 aromatic heterocycles. The Kier molecular flexibility index (Phi) is 5.93. The molecule has 1 atom stereocenters. The summed E-state index contributed by atoms with van der Waals surface area (Å²) in [5, 5.41) is 3.34. The minimum atomic E-state index is 0.748. The molecule has 0 amide bonds. The van der Waals surface area contributed by atoms with E-state index in [0.29, 0.717) is 0 Å². The number of nitrogens with one attached hydrogen (secondary N) is 1. The number of likely N-dealkylation sites (N-methyl/N-ethyl adjacent to an activating group) is 1. The van der Waals surface area contributed by atoms with Gasteiger partial charge >= 0.3 is 0 Å². The minimum Gasteiger partial charge on any atom is -0.318 e. The average Bonchev–Trinajstić information content (AvgIpc) is 2.46. The van der Waals surface area contributed by atoms with E-state index in [9.17, 15) is 0 Å². The summed E-state index contributed by atoms with van der Waals surface area (Å²) in [5.74, 6) is 0. The summed E-state index contributed by atoms with van der Waals surface area (Å²) < 4.78 is 0. The van der Waals surface area contributed by atoms with E-state index in [1.807, 2.05) is 0 Å². The van der Waals surface area contributed by atoms with E-state index in [1.54, 1.807) is 0 Å². The molecule has 2 heterocycles. The Morgan fingerprint density at radius 2 is 1.72 bits per heavy atom. The molecule has 18 heavy (non-hydrogen) atoms. The van der Waals surface area contributed by atoms with E-state index < -0.39 is 0 Å². The first kappa shape index (κ1) is 14.3. The molecule has 0 aromatic carbocycles. The lowest BCUT2D eigenvalue weighted by atomic mass is 9.98. The van der Waals surface area contributed by atoms with Gasteiger partial charge in [-0.05, 0) is 65.3 Å². The lowest BCUT2D eigenvalue weighted by molar-refractivity contribution is 0.0712. The van der Waals surface area contributed by atoms with Gasteiger partial charge in [-0.25, -0.2) is 0 Å². The fourth-order valence-corrected chi connectivity index (χ4v) is 3.67. The van der Waals surface area contributed by atoms with Gasteiger partial charge in [-0.3, -0.25) is 4.90 Å². The highest BCUT2D eigenvalue weighted by Gasteiger charge is 2.27. The molecule has 2 aliphatic rings. The Hall–Kier alpha value is -0.120. The molecule has 0 saturated carbocycles. The normalized spacial score (nSPS) is 26.3. The zero-order valence-electron chi connectivity index (χ0n) is 12.3. The van der Waals surface area contributed by atoms with Crippen molar-refractivity contribution in [2.24, 2.45) is 0 Å². The highest BCUT2D eigenvalue weighted by Crippen LogP contribution is 2.22. The zero-order valence-corrected chi connectivity index (χ0v) is 12.3. The summed E-state index contributed by atoms with van der Waals surface area (Å²) >= 11 is 0. The number of hydrogen-bond acceptors (Lipinski definition) is 3. The smallest absolute Gasteiger partial charge is 0.0217 e. The highest BCUT2D eigenvalue weighted by molar-refractivity contribution is 4.84. The monoisotopic (exact) mass is 253 g/mol. The molecular weight excluding hydrogens is 222 g/mol. The van der Waals surface area contributed by atoms with Crippen LogP contribution < -0.4 is 5.32 Å². The maximum absolute atomic E-state index is 3.34. The quantitative estimate of drug-likeness (QED) is 0.808. The Balaban J connectivity index is 1.76. The maximum Gasteiger partial charge on any atom is 0.0217 e. The molecule has 0 radical (unpaired) electrons. The summed E-state index contributed by atoms with van der Waals surface area (Å²) in [6, 6.07) is 1.63. The van der Waals surface area contributed by atoms with Crippen LogP contribution in [0.2, 0.25) is 0 Å². The van der Waals surface area contributed by atoms with Gasteiger partial charge in [0.05, 0.1) is 0 Å². The average molecular weight is 253 g/mol. The molecule has 0 bridgehead atoms. The number of rotatable bonds is 5. The number of likely N-dealkylation sites (tertiary alicyclic amines) is 2. The van der Waals surface area contributed by atoms with Crippen molar-refractivity contribution < 1.29 is 0 Å². The van der Waals surface area contributed by atoms with Crippen LogP contribution in [0.15, 0.2) is 0 Å². The second-order valence-corrected chi connectivity index (χ2v) is 5.98. The van der Waals surface area contributed by atoms with Gasteiger partial charge in [0.25, 0.3) is 0 Å². The predicted molar refractivity (Wildman–Crippen MR) is 78.0 cm³/mol. The van der Waals surface area contributed by atoms with Crippen molar-refractivity contribution in [2.45, 2.75) is 57.5 Å². The highest BCUT2D eigenvalue weighted by atomic mass is 15.2. The van der Waals surface area contributed by atoms with Gasteiger partial charge in [0.2, 0.25) is 0 Å². The molecular formula is C15H31N3. The maximum atomic E-state index is 3.34. The van der Waals surface area contributed by atoms with Crippen LogP contribution in [0.5, 0.6) is 0 Å². The van der Waals surface area contributed by atoms with E-state index in [-0.39, 0.29) is 0 Å². The predicted octanol–water partition coefficient (Wildman–Crippen LogP) is 1.93. The van der Waals surface area contributed by atoms with Crippen LogP contribution in [-0.4, -0.2) is 61.7 Å². The van der Waals surface area contributed by atoms with Crippen LogP contribution in [0.25, 0.3) is 0 Å². The Bertz CT molecular complexity index is 205. The Labute approximate surface area is 113 Å². The fourth-order valence-electron chi connectivity index (χ4n) is 3.67. The van der Waals surface area contributed by atoms with Crippen LogP contribution in [0.4, 0.5) is 0 Å². The SMILES string of the molecule is CCC(CNC)N1CCC(N2CCCCC2)CC1. The molecule has 1 N–H and O–H groups in total. The van der Waals surface area contributed by atoms with Gasteiger partial charge in [0.15, 0.2) is 0 Å². The van der Waals surface area contributed by atoms with Crippen molar-refractivity contribution in [1.82, 2.24) is 15.1 Å². The molecule has 1 unspecified atom stereocenters. The molecule has 106 valence electrons.